The van der Waals surface area contributed by atoms with Gasteiger partial charge in [0.05, 0.1) is 22.8 Å². The molecule has 2 N–H and O–H groups in total. The van der Waals surface area contributed by atoms with Crippen LogP contribution in [0.3, 0.4) is 0 Å². The van der Waals surface area contributed by atoms with E-state index in [2.05, 4.69) is 5.32 Å². The fraction of sp³-hybridized carbons (Fsp3) is 0.417. The molecule has 1 heterocycles. The third-order valence-corrected chi connectivity index (χ3v) is 4.98. The Hall–Kier alpha value is -1.63. The first kappa shape index (κ1) is 13.8. The average molecular weight is 287 g/mol. The Labute approximate surface area is 110 Å². The zero-order chi connectivity index (χ0) is 14.0. The summed E-state index contributed by atoms with van der Waals surface area (Å²) in [5.41, 5.74) is -0.236. The molecule has 0 aliphatic carbocycles. The van der Waals surface area contributed by atoms with Crippen molar-refractivity contribution in [2.45, 2.75) is 6.42 Å². The first-order valence-electron chi connectivity index (χ1n) is 5.85. The van der Waals surface area contributed by atoms with Crippen molar-refractivity contribution < 1.29 is 22.7 Å². The van der Waals surface area contributed by atoms with Crippen molar-refractivity contribution in [2.24, 2.45) is 5.92 Å². The van der Waals surface area contributed by atoms with E-state index < -0.39 is 21.6 Å². The molecule has 1 atom stereocenters. The van der Waals surface area contributed by atoms with Gasteiger partial charge in [-0.05, 0) is 24.5 Å². The van der Waals surface area contributed by atoms with Gasteiger partial charge >= 0.3 is 5.97 Å². The predicted octanol–water partition coefficient (Wildman–Crippen LogP) is 1.37. The average Bonchev–Trinajstić information content (AvgIpc) is 2.67. The predicted molar refractivity (Wildman–Crippen MR) is 68.6 cm³/mol. The standard InChI is InChI=1S/C12H14FNO4S/c13-10-3-1-2-9(12(15)16)11(10)14-6-8-4-5-19(17,18)7-8/h1-3,8,14H,4-7H2,(H,15,16). The van der Waals surface area contributed by atoms with Crippen LogP contribution in [0.5, 0.6) is 0 Å². The van der Waals surface area contributed by atoms with Crippen molar-refractivity contribution in [3.05, 3.63) is 29.6 Å². The summed E-state index contributed by atoms with van der Waals surface area (Å²) < 4.78 is 36.2. The second-order valence-electron chi connectivity index (χ2n) is 4.62. The van der Waals surface area contributed by atoms with Crippen molar-refractivity contribution in [2.75, 3.05) is 23.4 Å². The summed E-state index contributed by atoms with van der Waals surface area (Å²) in [6.07, 6.45) is 0.520. The molecule has 7 heteroatoms. The van der Waals surface area contributed by atoms with Gasteiger partial charge in [0.2, 0.25) is 0 Å². The van der Waals surface area contributed by atoms with E-state index in [1.165, 1.54) is 18.2 Å². The van der Waals surface area contributed by atoms with Crippen molar-refractivity contribution in [1.82, 2.24) is 0 Å². The van der Waals surface area contributed by atoms with Crippen molar-refractivity contribution in [3.8, 4) is 0 Å². The minimum atomic E-state index is -2.99. The number of hydrogen-bond acceptors (Lipinski definition) is 4. The molecular weight excluding hydrogens is 273 g/mol. The fourth-order valence-electron chi connectivity index (χ4n) is 2.16. The van der Waals surface area contributed by atoms with Crippen LogP contribution >= 0.6 is 0 Å². The van der Waals surface area contributed by atoms with Gasteiger partial charge in [0.1, 0.15) is 5.82 Å². The highest BCUT2D eigenvalue weighted by molar-refractivity contribution is 7.91. The first-order chi connectivity index (χ1) is 8.89. The lowest BCUT2D eigenvalue weighted by atomic mass is 10.1. The number of nitrogens with one attached hydrogen (secondary N) is 1. The number of carbonyl (C=O) groups is 1. The smallest absolute Gasteiger partial charge is 0.337 e. The van der Waals surface area contributed by atoms with Crippen LogP contribution in [0, 0.1) is 11.7 Å². The second-order valence-corrected chi connectivity index (χ2v) is 6.85. The third kappa shape index (κ3) is 3.23. The molecule has 1 aliphatic heterocycles. The molecule has 1 saturated heterocycles. The zero-order valence-corrected chi connectivity index (χ0v) is 10.9. The Morgan fingerprint density at radius 2 is 2.21 bits per heavy atom. The maximum absolute atomic E-state index is 13.6. The molecule has 1 aliphatic rings. The molecule has 1 unspecified atom stereocenters. The van der Waals surface area contributed by atoms with Gasteiger partial charge in [-0.25, -0.2) is 17.6 Å². The van der Waals surface area contributed by atoms with Gasteiger partial charge in [0.15, 0.2) is 9.84 Å². The highest BCUT2D eigenvalue weighted by Gasteiger charge is 2.28. The van der Waals surface area contributed by atoms with Gasteiger partial charge in [-0.2, -0.15) is 0 Å². The highest BCUT2D eigenvalue weighted by Crippen LogP contribution is 2.23. The maximum Gasteiger partial charge on any atom is 0.337 e. The van der Waals surface area contributed by atoms with E-state index in [1.807, 2.05) is 0 Å². The van der Waals surface area contributed by atoms with E-state index in [0.717, 1.165) is 0 Å². The number of anilines is 1. The van der Waals surface area contributed by atoms with Crippen LogP contribution in [0.25, 0.3) is 0 Å². The molecule has 2 rings (SSSR count). The number of carboxylic acid groups (broad SMARTS) is 1. The molecule has 1 aromatic rings. The normalized spacial score (nSPS) is 21.2. The first-order valence-corrected chi connectivity index (χ1v) is 7.67. The number of aromatic carboxylic acids is 1. The van der Waals surface area contributed by atoms with Gasteiger partial charge in [-0.1, -0.05) is 6.07 Å². The largest absolute Gasteiger partial charge is 0.478 e. The van der Waals surface area contributed by atoms with Crippen LogP contribution in [0.4, 0.5) is 10.1 Å². The molecule has 1 fully saturated rings. The number of carboxylic acids is 1. The number of halogens is 1. The maximum atomic E-state index is 13.6. The Balaban J connectivity index is 2.10. The highest BCUT2D eigenvalue weighted by atomic mass is 32.2. The molecule has 1 aromatic carbocycles. The summed E-state index contributed by atoms with van der Waals surface area (Å²) >= 11 is 0. The number of benzene rings is 1. The van der Waals surface area contributed by atoms with Crippen LogP contribution in [0.2, 0.25) is 0 Å². The summed E-state index contributed by atoms with van der Waals surface area (Å²) in [5.74, 6) is -1.77. The summed E-state index contributed by atoms with van der Waals surface area (Å²) in [6.45, 7) is 0.250. The molecule has 0 spiro atoms. The molecule has 0 bridgehead atoms. The molecule has 0 aromatic heterocycles. The molecule has 0 saturated carbocycles. The molecule has 0 amide bonds. The van der Waals surface area contributed by atoms with E-state index in [-0.39, 0.29) is 35.2 Å². The number of hydrogen-bond donors (Lipinski definition) is 2. The Bertz CT molecular complexity index is 600. The van der Waals surface area contributed by atoms with Gasteiger partial charge < -0.3 is 10.4 Å². The monoisotopic (exact) mass is 287 g/mol. The lowest BCUT2D eigenvalue weighted by Crippen LogP contribution is -2.18. The van der Waals surface area contributed by atoms with Gasteiger partial charge in [-0.15, -0.1) is 0 Å². The Morgan fingerprint density at radius 3 is 2.79 bits per heavy atom. The van der Waals surface area contributed by atoms with E-state index in [4.69, 9.17) is 5.11 Å². The van der Waals surface area contributed by atoms with Gasteiger partial charge in [0.25, 0.3) is 0 Å². The summed E-state index contributed by atoms with van der Waals surface area (Å²) in [4.78, 5) is 11.0. The van der Waals surface area contributed by atoms with E-state index >= 15 is 0 Å². The molecular formula is C12H14FNO4S. The number of para-hydroxylation sites is 1. The number of rotatable bonds is 4. The van der Waals surface area contributed by atoms with Crippen LogP contribution in [-0.4, -0.2) is 37.5 Å². The van der Waals surface area contributed by atoms with E-state index in [1.54, 1.807) is 0 Å². The van der Waals surface area contributed by atoms with Crippen molar-refractivity contribution in [3.63, 3.8) is 0 Å². The zero-order valence-electron chi connectivity index (χ0n) is 10.1. The topological polar surface area (TPSA) is 83.5 Å². The molecule has 5 nitrogen and oxygen atoms in total. The quantitative estimate of drug-likeness (QED) is 0.874. The summed E-state index contributed by atoms with van der Waals surface area (Å²) in [7, 11) is -2.99. The Kier molecular flexibility index (Phi) is 3.75. The lowest BCUT2D eigenvalue weighted by Gasteiger charge is -2.13. The summed E-state index contributed by atoms with van der Waals surface area (Å²) in [6, 6.07) is 3.79. The van der Waals surface area contributed by atoms with Gasteiger partial charge in [0, 0.05) is 6.54 Å². The van der Waals surface area contributed by atoms with Crippen LogP contribution < -0.4 is 5.32 Å². The third-order valence-electron chi connectivity index (χ3n) is 3.14. The lowest BCUT2D eigenvalue weighted by molar-refractivity contribution is 0.0697. The van der Waals surface area contributed by atoms with Crippen LogP contribution in [0.15, 0.2) is 18.2 Å². The van der Waals surface area contributed by atoms with Crippen LogP contribution in [0.1, 0.15) is 16.8 Å². The van der Waals surface area contributed by atoms with Gasteiger partial charge in [-0.3, -0.25) is 0 Å². The number of sulfone groups is 1. The van der Waals surface area contributed by atoms with Crippen molar-refractivity contribution >= 4 is 21.5 Å². The molecule has 104 valence electrons. The molecule has 19 heavy (non-hydrogen) atoms. The van der Waals surface area contributed by atoms with Crippen molar-refractivity contribution in [1.29, 1.82) is 0 Å². The minimum Gasteiger partial charge on any atom is -0.478 e. The molecule has 0 radical (unpaired) electrons. The fourth-order valence-corrected chi connectivity index (χ4v) is 4.02. The summed E-state index contributed by atoms with van der Waals surface area (Å²) in [5, 5.41) is 11.7. The van der Waals surface area contributed by atoms with E-state index in [9.17, 15) is 17.6 Å². The minimum absolute atomic E-state index is 0.0663. The Morgan fingerprint density at radius 1 is 1.47 bits per heavy atom. The second kappa shape index (κ2) is 5.16. The SMILES string of the molecule is O=C(O)c1cccc(F)c1NCC1CCS(=O)(=O)C1. The van der Waals surface area contributed by atoms with Crippen LogP contribution in [-0.2, 0) is 9.84 Å². The van der Waals surface area contributed by atoms with E-state index in [0.29, 0.717) is 6.42 Å².